The predicted molar refractivity (Wildman–Crippen MR) is 102 cm³/mol. The van der Waals surface area contributed by atoms with Crippen LogP contribution in [-0.2, 0) is 19.1 Å². The highest BCUT2D eigenvalue weighted by molar-refractivity contribution is 8.00. The molecule has 1 aliphatic carbocycles. The smallest absolute Gasteiger partial charge is 0.330 e. The third-order valence-electron chi connectivity index (χ3n) is 5.59. The summed E-state index contributed by atoms with van der Waals surface area (Å²) in [6, 6.07) is 7.38. The van der Waals surface area contributed by atoms with E-state index in [-0.39, 0.29) is 30.7 Å². The van der Waals surface area contributed by atoms with Gasteiger partial charge in [0.05, 0.1) is 17.5 Å². The number of nitrogens with one attached hydrogen (secondary N) is 1. The molecule has 0 saturated heterocycles. The van der Waals surface area contributed by atoms with Gasteiger partial charge in [0, 0.05) is 23.3 Å². The Kier molecular flexibility index (Phi) is 5.22. The maximum atomic E-state index is 12.7. The quantitative estimate of drug-likeness (QED) is 0.768. The molecule has 3 rings (SSSR count). The number of para-hydroxylation sites is 1. The van der Waals surface area contributed by atoms with Crippen molar-refractivity contribution in [3.8, 4) is 0 Å². The van der Waals surface area contributed by atoms with Crippen LogP contribution in [0.5, 0.6) is 0 Å². The van der Waals surface area contributed by atoms with Gasteiger partial charge in [-0.05, 0) is 19.1 Å². The summed E-state index contributed by atoms with van der Waals surface area (Å²) in [5.74, 6) is -1.49. The van der Waals surface area contributed by atoms with Crippen LogP contribution in [0.15, 0.2) is 29.2 Å². The number of carbonyl (C=O) groups excluding carboxylic acids is 2. The number of hydrogen-bond acceptors (Lipinski definition) is 5. The summed E-state index contributed by atoms with van der Waals surface area (Å²) in [5.41, 5.74) is -1.49. The van der Waals surface area contributed by atoms with E-state index in [9.17, 15) is 19.5 Å². The standard InChI is InChI=1S/C19H24N2O5S/c1-4-26-14-9-19(17(24)25,18(14,2)3)20-15(22)10-21-12-7-5-6-8-13(12)27-11-16(21)23/h5-8,14H,4,9-11H2,1-3H3,(H,20,22)(H,24,25). The third-order valence-corrected chi connectivity index (χ3v) is 6.64. The van der Waals surface area contributed by atoms with Crippen molar-refractivity contribution in [2.24, 2.45) is 5.41 Å². The molecular formula is C19H24N2O5S. The first-order chi connectivity index (χ1) is 12.7. The molecule has 8 heteroatoms. The molecule has 146 valence electrons. The second-order valence-corrected chi connectivity index (χ2v) is 8.38. The fraction of sp³-hybridized carbons (Fsp3) is 0.526. The van der Waals surface area contributed by atoms with E-state index in [0.717, 1.165) is 4.90 Å². The molecule has 1 aromatic rings. The van der Waals surface area contributed by atoms with Crippen LogP contribution in [0.25, 0.3) is 0 Å². The van der Waals surface area contributed by atoms with Crippen molar-refractivity contribution in [1.82, 2.24) is 5.32 Å². The van der Waals surface area contributed by atoms with E-state index in [0.29, 0.717) is 12.3 Å². The summed E-state index contributed by atoms with van der Waals surface area (Å²) in [7, 11) is 0. The molecule has 1 fully saturated rings. The monoisotopic (exact) mass is 392 g/mol. The minimum atomic E-state index is -1.41. The second-order valence-electron chi connectivity index (χ2n) is 7.36. The maximum absolute atomic E-state index is 12.7. The molecule has 2 N–H and O–H groups in total. The number of aliphatic carboxylic acids is 1. The second kappa shape index (κ2) is 7.16. The largest absolute Gasteiger partial charge is 0.479 e. The van der Waals surface area contributed by atoms with Gasteiger partial charge in [0.2, 0.25) is 11.8 Å². The fourth-order valence-corrected chi connectivity index (χ4v) is 4.72. The lowest BCUT2D eigenvalue weighted by Gasteiger charge is -2.58. The van der Waals surface area contributed by atoms with Gasteiger partial charge in [0.15, 0.2) is 0 Å². The summed E-state index contributed by atoms with van der Waals surface area (Å²) in [4.78, 5) is 39.4. The normalized spacial score (nSPS) is 26.1. The number of carboxylic acid groups (broad SMARTS) is 1. The van der Waals surface area contributed by atoms with Crippen LogP contribution in [0.1, 0.15) is 27.2 Å². The van der Waals surface area contributed by atoms with Crippen molar-refractivity contribution in [2.45, 2.75) is 43.7 Å². The Bertz CT molecular complexity index is 781. The highest BCUT2D eigenvalue weighted by atomic mass is 32.2. The Balaban J connectivity index is 1.77. The zero-order chi connectivity index (χ0) is 19.8. The van der Waals surface area contributed by atoms with Gasteiger partial charge in [-0.15, -0.1) is 11.8 Å². The Morgan fingerprint density at radius 2 is 2.07 bits per heavy atom. The number of nitrogens with zero attached hydrogens (tertiary/aromatic N) is 1. The summed E-state index contributed by atoms with van der Waals surface area (Å²) in [6.07, 6.45) is -0.0393. The third kappa shape index (κ3) is 3.21. The molecular weight excluding hydrogens is 368 g/mol. The molecule has 27 heavy (non-hydrogen) atoms. The van der Waals surface area contributed by atoms with Crippen LogP contribution in [0, 0.1) is 5.41 Å². The average molecular weight is 392 g/mol. The Morgan fingerprint density at radius 1 is 1.37 bits per heavy atom. The summed E-state index contributed by atoms with van der Waals surface area (Å²) in [6.45, 7) is 5.69. The molecule has 0 radical (unpaired) electrons. The minimum absolute atomic E-state index is 0.168. The van der Waals surface area contributed by atoms with Crippen molar-refractivity contribution >= 4 is 35.2 Å². The van der Waals surface area contributed by atoms with Crippen molar-refractivity contribution in [2.75, 3.05) is 23.8 Å². The number of rotatable bonds is 6. The molecule has 1 heterocycles. The van der Waals surface area contributed by atoms with Crippen LogP contribution < -0.4 is 10.2 Å². The van der Waals surface area contributed by atoms with E-state index in [4.69, 9.17) is 4.74 Å². The molecule has 2 atom stereocenters. The molecule has 0 spiro atoms. The highest BCUT2D eigenvalue weighted by Gasteiger charge is 2.66. The summed E-state index contributed by atoms with van der Waals surface area (Å²) < 4.78 is 5.61. The van der Waals surface area contributed by atoms with E-state index in [1.807, 2.05) is 25.1 Å². The molecule has 0 aromatic heterocycles. The molecule has 2 unspecified atom stereocenters. The number of thioether (sulfide) groups is 1. The van der Waals surface area contributed by atoms with Gasteiger partial charge >= 0.3 is 5.97 Å². The van der Waals surface area contributed by atoms with Gasteiger partial charge in [-0.25, -0.2) is 4.79 Å². The first-order valence-electron chi connectivity index (χ1n) is 8.91. The van der Waals surface area contributed by atoms with Crippen LogP contribution in [-0.4, -0.2) is 53.4 Å². The fourth-order valence-electron chi connectivity index (χ4n) is 3.79. The molecule has 0 bridgehead atoms. The van der Waals surface area contributed by atoms with Gasteiger partial charge in [-0.3, -0.25) is 9.59 Å². The predicted octanol–water partition coefficient (Wildman–Crippen LogP) is 1.90. The molecule has 2 aliphatic rings. The first kappa shape index (κ1) is 19.7. The van der Waals surface area contributed by atoms with Crippen molar-refractivity contribution < 1.29 is 24.2 Å². The first-order valence-corrected chi connectivity index (χ1v) is 9.89. The number of ether oxygens (including phenoxy) is 1. The Morgan fingerprint density at radius 3 is 2.70 bits per heavy atom. The lowest BCUT2D eigenvalue weighted by molar-refractivity contribution is -0.194. The lowest BCUT2D eigenvalue weighted by atomic mass is 9.54. The highest BCUT2D eigenvalue weighted by Crippen LogP contribution is 2.51. The number of anilines is 1. The van der Waals surface area contributed by atoms with Gasteiger partial charge in [-0.1, -0.05) is 26.0 Å². The van der Waals surface area contributed by atoms with Crippen LogP contribution >= 0.6 is 11.8 Å². The zero-order valence-electron chi connectivity index (χ0n) is 15.7. The van der Waals surface area contributed by atoms with E-state index in [2.05, 4.69) is 5.32 Å². The number of amides is 2. The van der Waals surface area contributed by atoms with Gasteiger partial charge in [0.25, 0.3) is 0 Å². The SMILES string of the molecule is CCOC1CC(NC(=O)CN2C(=O)CSc3ccccc32)(C(=O)O)C1(C)C. The van der Waals surface area contributed by atoms with Gasteiger partial charge in [0.1, 0.15) is 12.1 Å². The lowest BCUT2D eigenvalue weighted by Crippen LogP contribution is -2.76. The Hall–Kier alpha value is -2.06. The van der Waals surface area contributed by atoms with Crippen LogP contribution in [0.4, 0.5) is 5.69 Å². The van der Waals surface area contributed by atoms with Gasteiger partial charge < -0.3 is 20.1 Å². The number of benzene rings is 1. The molecule has 1 aliphatic heterocycles. The molecule has 2 amide bonds. The number of carbonyl (C=O) groups is 3. The maximum Gasteiger partial charge on any atom is 0.330 e. The molecule has 7 nitrogen and oxygen atoms in total. The van der Waals surface area contributed by atoms with Crippen molar-refractivity contribution in [3.05, 3.63) is 24.3 Å². The topological polar surface area (TPSA) is 95.9 Å². The molecule has 1 aromatic carbocycles. The van der Waals surface area contributed by atoms with E-state index in [1.165, 1.54) is 16.7 Å². The van der Waals surface area contributed by atoms with Crippen LogP contribution in [0.2, 0.25) is 0 Å². The number of hydrogen-bond donors (Lipinski definition) is 2. The van der Waals surface area contributed by atoms with Gasteiger partial charge in [-0.2, -0.15) is 0 Å². The van der Waals surface area contributed by atoms with Crippen molar-refractivity contribution in [1.29, 1.82) is 0 Å². The van der Waals surface area contributed by atoms with Crippen LogP contribution in [0.3, 0.4) is 0 Å². The Labute approximate surface area is 162 Å². The van der Waals surface area contributed by atoms with Crippen molar-refractivity contribution in [3.63, 3.8) is 0 Å². The average Bonchev–Trinajstić information content (AvgIpc) is 2.62. The zero-order valence-corrected chi connectivity index (χ0v) is 16.5. The molecule has 1 saturated carbocycles. The summed E-state index contributed by atoms with van der Waals surface area (Å²) in [5, 5.41) is 12.5. The van der Waals surface area contributed by atoms with E-state index < -0.39 is 22.8 Å². The van der Waals surface area contributed by atoms with E-state index >= 15 is 0 Å². The van der Waals surface area contributed by atoms with E-state index in [1.54, 1.807) is 19.9 Å². The number of carboxylic acids is 1. The number of fused-ring (bicyclic) bond motifs is 1. The minimum Gasteiger partial charge on any atom is -0.479 e. The summed E-state index contributed by atoms with van der Waals surface area (Å²) >= 11 is 1.43.